The van der Waals surface area contributed by atoms with Gasteiger partial charge in [0.05, 0.1) is 0 Å². The lowest BCUT2D eigenvalue weighted by atomic mass is 9.99. The molecule has 0 aromatic heterocycles. The molecule has 0 aliphatic heterocycles. The van der Waals surface area contributed by atoms with Gasteiger partial charge in [-0.1, -0.05) is 334 Å². The minimum Gasteiger partial charge on any atom is -0.294 e. The zero-order chi connectivity index (χ0) is 50.8. The van der Waals surface area contributed by atoms with E-state index in [1.165, 1.54) is 319 Å². The van der Waals surface area contributed by atoms with Crippen LogP contribution in [0.15, 0.2) is 24.3 Å². The van der Waals surface area contributed by atoms with Gasteiger partial charge in [-0.25, -0.2) is 0 Å². The van der Waals surface area contributed by atoms with Crippen molar-refractivity contribution in [2.24, 2.45) is 0 Å². The summed E-state index contributed by atoms with van der Waals surface area (Å²) in [6, 6.07) is 12.7. The van der Waals surface area contributed by atoms with E-state index in [0.29, 0.717) is 24.2 Å². The largest absolute Gasteiger partial charge is 0.294 e. The highest BCUT2D eigenvalue weighted by Crippen LogP contribution is 2.25. The van der Waals surface area contributed by atoms with E-state index < -0.39 is 0 Å². The van der Waals surface area contributed by atoms with Gasteiger partial charge in [-0.05, 0) is 64.5 Å². The summed E-state index contributed by atoms with van der Waals surface area (Å²) in [5.41, 5.74) is 3.05. The van der Waals surface area contributed by atoms with E-state index in [9.17, 15) is 0 Å². The Balaban J connectivity index is 2.84. The molecule has 70 heavy (non-hydrogen) atoms. The molecular formula is C68H132N2. The first-order chi connectivity index (χ1) is 34.4. The highest BCUT2D eigenvalue weighted by atomic mass is 15.2. The Hall–Kier alpha value is -0.860. The van der Waals surface area contributed by atoms with Gasteiger partial charge >= 0.3 is 0 Å². The molecule has 4 atom stereocenters. The highest BCUT2D eigenvalue weighted by molar-refractivity contribution is 5.23. The Morgan fingerprint density at radius 2 is 0.371 bits per heavy atom. The molecule has 0 bridgehead atoms. The molecule has 0 aliphatic carbocycles. The van der Waals surface area contributed by atoms with E-state index in [2.05, 4.69) is 89.5 Å². The quantitative estimate of drug-likeness (QED) is 0.0600. The van der Waals surface area contributed by atoms with Crippen LogP contribution in [-0.2, 0) is 13.1 Å². The van der Waals surface area contributed by atoms with Crippen molar-refractivity contribution in [2.45, 2.75) is 401 Å². The normalized spacial score (nSPS) is 13.7. The number of rotatable bonds is 56. The van der Waals surface area contributed by atoms with Gasteiger partial charge in [0.15, 0.2) is 0 Å². The van der Waals surface area contributed by atoms with Crippen molar-refractivity contribution in [2.75, 3.05) is 0 Å². The summed E-state index contributed by atoms with van der Waals surface area (Å²) in [5, 5.41) is 0. The van der Waals surface area contributed by atoms with Gasteiger partial charge in [0.1, 0.15) is 0 Å². The van der Waals surface area contributed by atoms with Crippen LogP contribution in [0.4, 0.5) is 0 Å². The van der Waals surface area contributed by atoms with Crippen molar-refractivity contribution in [1.29, 1.82) is 0 Å². The first-order valence-electron chi connectivity index (χ1n) is 33.0. The highest BCUT2D eigenvalue weighted by Gasteiger charge is 2.22. The average Bonchev–Trinajstić information content (AvgIpc) is 3.36. The van der Waals surface area contributed by atoms with E-state index >= 15 is 0 Å². The maximum atomic E-state index is 2.92. The van der Waals surface area contributed by atoms with Gasteiger partial charge in [0, 0.05) is 37.3 Å². The van der Waals surface area contributed by atoms with Gasteiger partial charge in [0.2, 0.25) is 0 Å². The van der Waals surface area contributed by atoms with E-state index in [1.54, 1.807) is 0 Å². The predicted molar refractivity (Wildman–Crippen MR) is 320 cm³/mol. The van der Waals surface area contributed by atoms with E-state index in [0.717, 1.165) is 13.1 Å². The maximum absolute atomic E-state index is 2.92. The molecule has 414 valence electrons. The smallest absolute Gasteiger partial charge is 0.0239 e. The molecular weight excluding hydrogens is 845 g/mol. The fourth-order valence-corrected chi connectivity index (χ4v) is 11.7. The first kappa shape index (κ1) is 67.2. The summed E-state index contributed by atoms with van der Waals surface area (Å²) in [4.78, 5) is 5.83. The Labute approximate surface area is 444 Å². The van der Waals surface area contributed by atoms with Crippen LogP contribution in [0.3, 0.4) is 0 Å². The van der Waals surface area contributed by atoms with Gasteiger partial charge < -0.3 is 0 Å². The zero-order valence-electron chi connectivity index (χ0n) is 49.9. The van der Waals surface area contributed by atoms with Crippen LogP contribution in [0, 0.1) is 0 Å². The Morgan fingerprint density at radius 3 is 0.529 bits per heavy atom. The molecule has 0 spiro atoms. The maximum Gasteiger partial charge on any atom is 0.0239 e. The van der Waals surface area contributed by atoms with Crippen molar-refractivity contribution in [1.82, 2.24) is 9.80 Å². The summed E-state index contributed by atoms with van der Waals surface area (Å²) in [6.07, 6.45) is 68.4. The fraction of sp³-hybridized carbons (Fsp3) is 0.912. The third-order valence-electron chi connectivity index (χ3n) is 16.9. The molecule has 0 saturated heterocycles. The van der Waals surface area contributed by atoms with Crippen LogP contribution in [0.1, 0.15) is 375 Å². The second kappa shape index (κ2) is 51.6. The predicted octanol–water partition coefficient (Wildman–Crippen LogP) is 23.6. The molecule has 1 rings (SSSR count). The lowest BCUT2D eigenvalue weighted by molar-refractivity contribution is 0.125. The Bertz CT molecular complexity index is 991. The van der Waals surface area contributed by atoms with Crippen LogP contribution in [0.2, 0.25) is 0 Å². The molecule has 2 heteroatoms. The third kappa shape index (κ3) is 40.5. The number of unbranched alkanes of at least 4 members (excludes halogenated alkanes) is 40. The van der Waals surface area contributed by atoms with Crippen molar-refractivity contribution < 1.29 is 0 Å². The second-order valence-electron chi connectivity index (χ2n) is 23.9. The van der Waals surface area contributed by atoms with Crippen molar-refractivity contribution in [3.8, 4) is 0 Å². The van der Waals surface area contributed by atoms with E-state index in [-0.39, 0.29) is 0 Å². The molecule has 2 nitrogen and oxygen atoms in total. The second-order valence-corrected chi connectivity index (χ2v) is 23.9. The summed E-state index contributed by atoms with van der Waals surface area (Å²) >= 11 is 0. The summed E-state index contributed by atoms with van der Waals surface area (Å²) in [7, 11) is 0. The van der Waals surface area contributed by atoms with Crippen LogP contribution < -0.4 is 0 Å². The van der Waals surface area contributed by atoms with Gasteiger partial charge in [-0.3, -0.25) is 9.80 Å². The Kier molecular flexibility index (Phi) is 49.5. The third-order valence-corrected chi connectivity index (χ3v) is 16.9. The molecule has 4 unspecified atom stereocenters. The average molecular weight is 978 g/mol. The van der Waals surface area contributed by atoms with Crippen LogP contribution in [0.25, 0.3) is 0 Å². The van der Waals surface area contributed by atoms with Gasteiger partial charge in [-0.15, -0.1) is 0 Å². The molecule has 0 radical (unpaired) electrons. The standard InChI is InChI=1S/C68H132N2/c1-9-13-17-21-25-29-33-37-41-45-49-53-63(5)69(64(6)54-50-46-42-38-34-30-26-22-18-14-10-2)61-67-57-59-68(60-58-67)62-70(65(7)55-51-47-43-39-35-31-27-23-19-15-11-3)66(8)56-52-48-44-40-36-32-28-24-20-16-12-4/h57-60,63-66H,9-56,61-62H2,1-8H3. The topological polar surface area (TPSA) is 6.48 Å². The van der Waals surface area contributed by atoms with Gasteiger partial charge in [-0.2, -0.15) is 0 Å². The molecule has 0 amide bonds. The summed E-state index contributed by atoms with van der Waals surface area (Å²) in [6.45, 7) is 21.8. The number of hydrogen-bond acceptors (Lipinski definition) is 2. The number of nitrogens with zero attached hydrogens (tertiary/aromatic N) is 2. The molecule has 1 aromatic carbocycles. The lowest BCUT2D eigenvalue weighted by Crippen LogP contribution is -2.40. The fourth-order valence-electron chi connectivity index (χ4n) is 11.7. The van der Waals surface area contributed by atoms with E-state index in [1.807, 2.05) is 0 Å². The molecule has 0 fully saturated rings. The molecule has 0 N–H and O–H groups in total. The molecule has 0 aliphatic rings. The first-order valence-corrected chi connectivity index (χ1v) is 33.0. The molecule has 1 aromatic rings. The number of hydrogen-bond donors (Lipinski definition) is 0. The Morgan fingerprint density at radius 1 is 0.229 bits per heavy atom. The number of benzene rings is 1. The summed E-state index contributed by atoms with van der Waals surface area (Å²) < 4.78 is 0. The SMILES string of the molecule is CCCCCCCCCCCCCC(C)N(Cc1ccc(CN(C(C)CCCCCCCCCCCCC)C(C)CCCCCCCCCCCCC)cc1)C(C)CCCCCCCCCCCCC. The van der Waals surface area contributed by atoms with Crippen LogP contribution in [0.5, 0.6) is 0 Å². The lowest BCUT2D eigenvalue weighted by Gasteiger charge is -2.36. The van der Waals surface area contributed by atoms with Crippen molar-refractivity contribution in [3.63, 3.8) is 0 Å². The van der Waals surface area contributed by atoms with Crippen molar-refractivity contribution in [3.05, 3.63) is 35.4 Å². The minimum absolute atomic E-state index is 0.643. The molecule has 0 saturated carbocycles. The van der Waals surface area contributed by atoms with Crippen LogP contribution >= 0.6 is 0 Å². The molecule has 0 heterocycles. The van der Waals surface area contributed by atoms with Crippen molar-refractivity contribution >= 4 is 0 Å². The van der Waals surface area contributed by atoms with E-state index in [4.69, 9.17) is 0 Å². The zero-order valence-corrected chi connectivity index (χ0v) is 49.9. The van der Waals surface area contributed by atoms with Crippen LogP contribution in [-0.4, -0.2) is 34.0 Å². The summed E-state index contributed by atoms with van der Waals surface area (Å²) in [5.74, 6) is 0. The van der Waals surface area contributed by atoms with Gasteiger partial charge in [0.25, 0.3) is 0 Å². The monoisotopic (exact) mass is 977 g/mol. The minimum atomic E-state index is 0.643.